The number of hydrogen-bond donors (Lipinski definition) is 2. The molecule has 1 aromatic heterocycles. The van der Waals surface area contributed by atoms with Crippen LogP contribution in [-0.4, -0.2) is 36.5 Å². The summed E-state index contributed by atoms with van der Waals surface area (Å²) in [6.45, 7) is 2.05. The molecule has 0 spiro atoms. The monoisotopic (exact) mass is 306 g/mol. The molecule has 0 saturated carbocycles. The van der Waals surface area contributed by atoms with Gasteiger partial charge in [-0.3, -0.25) is 4.79 Å². The minimum absolute atomic E-state index is 0.0343. The Kier molecular flexibility index (Phi) is 5.71. The molecule has 1 aliphatic heterocycles. The second kappa shape index (κ2) is 7.74. The number of nitrogens with one attached hydrogen (secondary N) is 1. The van der Waals surface area contributed by atoms with Crippen LogP contribution < -0.4 is 21.1 Å². The van der Waals surface area contributed by atoms with Crippen molar-refractivity contribution in [1.29, 1.82) is 0 Å². The summed E-state index contributed by atoms with van der Waals surface area (Å²) in [6.07, 6.45) is 4.01. The van der Waals surface area contributed by atoms with Crippen molar-refractivity contribution in [3.8, 4) is 0 Å². The zero-order valence-electron chi connectivity index (χ0n) is 12.6. The van der Waals surface area contributed by atoms with Crippen LogP contribution in [0.4, 0.5) is 11.5 Å². The van der Waals surface area contributed by atoms with Gasteiger partial charge in [0, 0.05) is 37.8 Å². The van der Waals surface area contributed by atoms with Gasteiger partial charge in [-0.2, -0.15) is 0 Å². The predicted molar refractivity (Wildman–Crippen MR) is 79.8 cm³/mol. The van der Waals surface area contributed by atoms with Gasteiger partial charge < -0.3 is 25.9 Å². The standard InChI is InChI=1S/C15H22N4O3/c16-7-1-2-14(20)18-12-3-4-13(17-10-12)19-8-5-11(6-9-19)15(21)22/h3-4,10-11H,1-2,5-9,16H2,(H,18,20)(H,21,22). The highest BCUT2D eigenvalue weighted by molar-refractivity contribution is 5.90. The number of carbonyl (C=O) groups excluding carboxylic acids is 2. The number of aliphatic carboxylic acids is 1. The number of anilines is 2. The Hall–Kier alpha value is -2.15. The third kappa shape index (κ3) is 4.42. The SMILES string of the molecule is [NH3+]CCCC(=O)Nc1ccc(N2CCC(C(=O)[O-])CC2)nc1. The number of carboxylic acid groups (broad SMARTS) is 1. The molecule has 4 N–H and O–H groups in total. The number of quaternary nitrogens is 1. The van der Waals surface area contributed by atoms with Crippen LogP contribution in [-0.2, 0) is 9.59 Å². The highest BCUT2D eigenvalue weighted by Crippen LogP contribution is 2.22. The summed E-state index contributed by atoms with van der Waals surface area (Å²) in [6, 6.07) is 3.66. The van der Waals surface area contributed by atoms with Crippen molar-refractivity contribution in [3.05, 3.63) is 18.3 Å². The molecule has 120 valence electrons. The van der Waals surface area contributed by atoms with Crippen LogP contribution in [0, 0.1) is 5.92 Å². The average Bonchev–Trinajstić information content (AvgIpc) is 2.54. The molecule has 2 heterocycles. The lowest BCUT2D eigenvalue weighted by atomic mass is 9.97. The number of nitrogens with zero attached hydrogens (tertiary/aromatic N) is 2. The van der Waals surface area contributed by atoms with Gasteiger partial charge in [0.05, 0.1) is 18.4 Å². The Morgan fingerprint density at radius 3 is 2.64 bits per heavy atom. The van der Waals surface area contributed by atoms with Gasteiger partial charge in [0.25, 0.3) is 0 Å². The van der Waals surface area contributed by atoms with Crippen LogP contribution in [0.3, 0.4) is 0 Å². The van der Waals surface area contributed by atoms with E-state index in [1.165, 1.54) is 0 Å². The van der Waals surface area contributed by atoms with E-state index in [1.54, 1.807) is 6.20 Å². The van der Waals surface area contributed by atoms with Gasteiger partial charge in [-0.25, -0.2) is 4.98 Å². The zero-order valence-corrected chi connectivity index (χ0v) is 12.6. The molecule has 1 amide bonds. The fourth-order valence-electron chi connectivity index (χ4n) is 2.50. The van der Waals surface area contributed by atoms with Crippen molar-refractivity contribution >= 4 is 23.4 Å². The first-order valence-electron chi connectivity index (χ1n) is 7.61. The van der Waals surface area contributed by atoms with Crippen molar-refractivity contribution in [2.24, 2.45) is 5.92 Å². The minimum atomic E-state index is -0.965. The third-order valence-electron chi connectivity index (χ3n) is 3.84. The molecule has 0 aromatic carbocycles. The summed E-state index contributed by atoms with van der Waals surface area (Å²) in [5.41, 5.74) is 4.37. The Morgan fingerprint density at radius 1 is 1.36 bits per heavy atom. The van der Waals surface area contributed by atoms with Crippen molar-refractivity contribution < 1.29 is 20.4 Å². The zero-order chi connectivity index (χ0) is 15.9. The van der Waals surface area contributed by atoms with E-state index in [9.17, 15) is 14.7 Å². The normalized spacial score (nSPS) is 15.6. The van der Waals surface area contributed by atoms with E-state index in [0.717, 1.165) is 18.8 Å². The molecule has 22 heavy (non-hydrogen) atoms. The Balaban J connectivity index is 1.87. The molecule has 0 bridgehead atoms. The fourth-order valence-corrected chi connectivity index (χ4v) is 2.50. The van der Waals surface area contributed by atoms with Gasteiger partial charge in [-0.05, 0) is 25.0 Å². The van der Waals surface area contributed by atoms with E-state index in [4.69, 9.17) is 0 Å². The highest BCUT2D eigenvalue weighted by atomic mass is 16.4. The molecule has 0 atom stereocenters. The van der Waals surface area contributed by atoms with Gasteiger partial charge in [0.15, 0.2) is 0 Å². The van der Waals surface area contributed by atoms with Crippen LogP contribution in [0.25, 0.3) is 0 Å². The van der Waals surface area contributed by atoms with E-state index in [1.807, 2.05) is 17.0 Å². The number of piperidine rings is 1. The summed E-state index contributed by atoms with van der Waals surface area (Å²) < 4.78 is 0. The van der Waals surface area contributed by atoms with Crippen LogP contribution in [0.2, 0.25) is 0 Å². The van der Waals surface area contributed by atoms with E-state index in [2.05, 4.69) is 16.0 Å². The van der Waals surface area contributed by atoms with Gasteiger partial charge >= 0.3 is 0 Å². The summed E-state index contributed by atoms with van der Waals surface area (Å²) >= 11 is 0. The number of carbonyl (C=O) groups is 2. The molecule has 1 aromatic rings. The second-order valence-corrected chi connectivity index (χ2v) is 5.49. The van der Waals surface area contributed by atoms with Crippen molar-refractivity contribution in [2.45, 2.75) is 25.7 Å². The minimum Gasteiger partial charge on any atom is -0.550 e. The topological polar surface area (TPSA) is 113 Å². The van der Waals surface area contributed by atoms with E-state index in [0.29, 0.717) is 38.0 Å². The number of amides is 1. The van der Waals surface area contributed by atoms with Crippen LogP contribution >= 0.6 is 0 Å². The lowest BCUT2D eigenvalue weighted by Gasteiger charge is -2.33. The summed E-state index contributed by atoms with van der Waals surface area (Å²) in [5.74, 6) is -0.559. The number of carboxylic acids is 1. The van der Waals surface area contributed by atoms with Gasteiger partial charge in [0.2, 0.25) is 5.91 Å². The number of aromatic nitrogens is 1. The van der Waals surface area contributed by atoms with Crippen molar-refractivity contribution in [2.75, 3.05) is 29.9 Å². The van der Waals surface area contributed by atoms with Gasteiger partial charge in [-0.1, -0.05) is 0 Å². The average molecular weight is 306 g/mol. The van der Waals surface area contributed by atoms with E-state index >= 15 is 0 Å². The fraction of sp³-hybridized carbons (Fsp3) is 0.533. The maximum atomic E-state index is 11.6. The number of pyridine rings is 1. The molecular weight excluding hydrogens is 284 g/mol. The molecule has 2 rings (SSSR count). The Morgan fingerprint density at radius 2 is 2.09 bits per heavy atom. The van der Waals surface area contributed by atoms with Crippen LogP contribution in [0.5, 0.6) is 0 Å². The summed E-state index contributed by atoms with van der Waals surface area (Å²) in [5, 5.41) is 13.6. The first-order chi connectivity index (χ1) is 10.6. The molecular formula is C15H22N4O3. The molecule has 0 unspecified atom stereocenters. The third-order valence-corrected chi connectivity index (χ3v) is 3.84. The highest BCUT2D eigenvalue weighted by Gasteiger charge is 2.20. The van der Waals surface area contributed by atoms with Gasteiger partial charge in [-0.15, -0.1) is 0 Å². The lowest BCUT2D eigenvalue weighted by Crippen LogP contribution is -2.50. The smallest absolute Gasteiger partial charge is 0.224 e. The van der Waals surface area contributed by atoms with Crippen LogP contribution in [0.1, 0.15) is 25.7 Å². The van der Waals surface area contributed by atoms with E-state index in [-0.39, 0.29) is 11.8 Å². The predicted octanol–water partition coefficient (Wildman–Crippen LogP) is -0.991. The molecule has 7 heteroatoms. The van der Waals surface area contributed by atoms with Crippen molar-refractivity contribution in [1.82, 2.24) is 4.98 Å². The Bertz CT molecular complexity index is 510. The number of hydrogen-bond acceptors (Lipinski definition) is 5. The molecule has 0 radical (unpaired) electrons. The quantitative estimate of drug-likeness (QED) is 0.700. The molecule has 7 nitrogen and oxygen atoms in total. The summed E-state index contributed by atoms with van der Waals surface area (Å²) in [7, 11) is 0. The van der Waals surface area contributed by atoms with E-state index < -0.39 is 5.97 Å². The lowest BCUT2D eigenvalue weighted by molar-refractivity contribution is -0.368. The molecule has 0 aliphatic carbocycles. The molecule has 1 fully saturated rings. The first-order valence-corrected chi connectivity index (χ1v) is 7.61. The Labute approximate surface area is 129 Å². The number of rotatable bonds is 6. The summed E-state index contributed by atoms with van der Waals surface area (Å²) in [4.78, 5) is 28.8. The van der Waals surface area contributed by atoms with Crippen molar-refractivity contribution in [3.63, 3.8) is 0 Å². The van der Waals surface area contributed by atoms with Crippen LogP contribution in [0.15, 0.2) is 18.3 Å². The molecule has 1 saturated heterocycles. The largest absolute Gasteiger partial charge is 0.550 e. The van der Waals surface area contributed by atoms with Gasteiger partial charge in [0.1, 0.15) is 5.82 Å². The second-order valence-electron chi connectivity index (χ2n) is 5.49. The molecule has 1 aliphatic rings. The maximum absolute atomic E-state index is 11.6. The maximum Gasteiger partial charge on any atom is 0.224 e. The first kappa shape index (κ1) is 16.2.